The molecule has 0 aromatic heterocycles. The van der Waals surface area contributed by atoms with Crippen LogP contribution >= 0.6 is 31.9 Å². The Morgan fingerprint density at radius 1 is 0.857 bits per heavy atom. The molecule has 0 amide bonds. The fourth-order valence-corrected chi connectivity index (χ4v) is 2.90. The van der Waals surface area contributed by atoms with E-state index in [-0.39, 0.29) is 4.83 Å². The number of halogens is 2. The Hall–Kier alpha value is -1.00. The maximum absolute atomic E-state index is 5.68. The Morgan fingerprint density at radius 3 is 2.05 bits per heavy atom. The van der Waals surface area contributed by atoms with Crippen molar-refractivity contribution in [1.82, 2.24) is 0 Å². The molecule has 2 nitrogen and oxygen atoms in total. The standard InChI is InChI=1S/C17H18Br2O2/c1-3-20-15-10-7-13(11-16(15)21-4-2)17(19)12-5-8-14(18)9-6-12/h5-11,17H,3-4H2,1-2H3. The first-order valence-electron chi connectivity index (χ1n) is 6.94. The van der Waals surface area contributed by atoms with Crippen LogP contribution in [-0.2, 0) is 0 Å². The summed E-state index contributed by atoms with van der Waals surface area (Å²) in [5, 5.41) is 0. The molecule has 21 heavy (non-hydrogen) atoms. The average Bonchev–Trinajstić information content (AvgIpc) is 2.49. The number of rotatable bonds is 6. The van der Waals surface area contributed by atoms with Gasteiger partial charge in [0.05, 0.1) is 18.0 Å². The summed E-state index contributed by atoms with van der Waals surface area (Å²) in [6.45, 7) is 5.19. The highest BCUT2D eigenvalue weighted by molar-refractivity contribution is 9.10. The smallest absolute Gasteiger partial charge is 0.161 e. The molecule has 0 fully saturated rings. The van der Waals surface area contributed by atoms with Gasteiger partial charge in [0, 0.05) is 4.47 Å². The number of hydrogen-bond acceptors (Lipinski definition) is 2. The van der Waals surface area contributed by atoms with Crippen molar-refractivity contribution < 1.29 is 9.47 Å². The van der Waals surface area contributed by atoms with Crippen LogP contribution in [0.1, 0.15) is 29.8 Å². The zero-order valence-electron chi connectivity index (χ0n) is 12.1. The quantitative estimate of drug-likeness (QED) is 0.563. The lowest BCUT2D eigenvalue weighted by Crippen LogP contribution is -2.00. The summed E-state index contributed by atoms with van der Waals surface area (Å²) in [5.41, 5.74) is 2.34. The lowest BCUT2D eigenvalue weighted by atomic mass is 10.0. The van der Waals surface area contributed by atoms with Gasteiger partial charge in [0.1, 0.15) is 0 Å². The van der Waals surface area contributed by atoms with Crippen LogP contribution in [0.5, 0.6) is 11.5 Å². The van der Waals surface area contributed by atoms with Crippen LogP contribution < -0.4 is 9.47 Å². The molecule has 0 radical (unpaired) electrons. The molecule has 0 heterocycles. The van der Waals surface area contributed by atoms with Gasteiger partial charge < -0.3 is 9.47 Å². The molecule has 0 aliphatic heterocycles. The fraction of sp³-hybridized carbons (Fsp3) is 0.294. The van der Waals surface area contributed by atoms with Crippen molar-refractivity contribution in [2.75, 3.05) is 13.2 Å². The maximum atomic E-state index is 5.68. The Balaban J connectivity index is 2.30. The third kappa shape index (κ3) is 4.24. The van der Waals surface area contributed by atoms with E-state index in [4.69, 9.17) is 9.47 Å². The molecule has 0 N–H and O–H groups in total. The second-order valence-electron chi connectivity index (χ2n) is 4.49. The van der Waals surface area contributed by atoms with E-state index in [0.717, 1.165) is 21.5 Å². The van der Waals surface area contributed by atoms with Crippen molar-refractivity contribution in [2.45, 2.75) is 18.7 Å². The predicted octanol–water partition coefficient (Wildman–Crippen LogP) is 5.73. The highest BCUT2D eigenvalue weighted by atomic mass is 79.9. The second-order valence-corrected chi connectivity index (χ2v) is 6.32. The van der Waals surface area contributed by atoms with Gasteiger partial charge in [-0.1, -0.05) is 50.1 Å². The van der Waals surface area contributed by atoms with E-state index >= 15 is 0 Å². The molecule has 2 rings (SSSR count). The molecule has 0 aliphatic carbocycles. The number of benzene rings is 2. The summed E-state index contributed by atoms with van der Waals surface area (Å²) in [4.78, 5) is 0.125. The average molecular weight is 414 g/mol. The highest BCUT2D eigenvalue weighted by Gasteiger charge is 2.14. The van der Waals surface area contributed by atoms with Crippen LogP contribution in [0, 0.1) is 0 Å². The van der Waals surface area contributed by atoms with E-state index in [9.17, 15) is 0 Å². The van der Waals surface area contributed by atoms with E-state index in [1.165, 1.54) is 5.56 Å². The Bertz CT molecular complexity index is 582. The van der Waals surface area contributed by atoms with Crippen LogP contribution in [0.15, 0.2) is 46.9 Å². The zero-order valence-corrected chi connectivity index (χ0v) is 15.3. The van der Waals surface area contributed by atoms with Gasteiger partial charge in [-0.05, 0) is 49.2 Å². The number of alkyl halides is 1. The Morgan fingerprint density at radius 2 is 1.43 bits per heavy atom. The van der Waals surface area contributed by atoms with Gasteiger partial charge in [0.25, 0.3) is 0 Å². The van der Waals surface area contributed by atoms with E-state index in [1.54, 1.807) is 0 Å². The lowest BCUT2D eigenvalue weighted by Gasteiger charge is -2.15. The summed E-state index contributed by atoms with van der Waals surface area (Å²) in [6.07, 6.45) is 0. The third-order valence-corrected chi connectivity index (χ3v) is 4.61. The van der Waals surface area contributed by atoms with Crippen LogP contribution in [-0.4, -0.2) is 13.2 Å². The van der Waals surface area contributed by atoms with E-state index < -0.39 is 0 Å². The summed E-state index contributed by atoms with van der Waals surface area (Å²) in [5.74, 6) is 1.58. The molecule has 2 aromatic carbocycles. The first kappa shape index (κ1) is 16.4. The van der Waals surface area contributed by atoms with E-state index in [0.29, 0.717) is 13.2 Å². The minimum absolute atomic E-state index is 0.125. The molecule has 1 unspecified atom stereocenters. The van der Waals surface area contributed by atoms with E-state index in [1.807, 2.05) is 38.1 Å². The van der Waals surface area contributed by atoms with Gasteiger partial charge in [-0.3, -0.25) is 0 Å². The van der Waals surface area contributed by atoms with Crippen LogP contribution in [0.4, 0.5) is 0 Å². The number of ether oxygens (including phenoxy) is 2. The van der Waals surface area contributed by atoms with Crippen molar-refractivity contribution in [3.8, 4) is 11.5 Å². The van der Waals surface area contributed by atoms with Gasteiger partial charge in [0.2, 0.25) is 0 Å². The van der Waals surface area contributed by atoms with Crippen molar-refractivity contribution in [1.29, 1.82) is 0 Å². The summed E-state index contributed by atoms with van der Waals surface area (Å²) in [7, 11) is 0. The Labute approximate surface area is 142 Å². The molecule has 0 saturated carbocycles. The van der Waals surface area contributed by atoms with Crippen molar-refractivity contribution in [2.24, 2.45) is 0 Å². The first-order chi connectivity index (χ1) is 10.2. The molecule has 112 valence electrons. The van der Waals surface area contributed by atoms with Crippen LogP contribution in [0.25, 0.3) is 0 Å². The predicted molar refractivity (Wildman–Crippen MR) is 93.7 cm³/mol. The minimum atomic E-state index is 0.125. The zero-order chi connectivity index (χ0) is 15.2. The topological polar surface area (TPSA) is 18.5 Å². The molecule has 2 aromatic rings. The van der Waals surface area contributed by atoms with Gasteiger partial charge >= 0.3 is 0 Å². The minimum Gasteiger partial charge on any atom is -0.490 e. The molecule has 0 bridgehead atoms. The fourth-order valence-electron chi connectivity index (χ4n) is 2.05. The third-order valence-electron chi connectivity index (χ3n) is 3.02. The lowest BCUT2D eigenvalue weighted by molar-refractivity contribution is 0.287. The van der Waals surface area contributed by atoms with Gasteiger partial charge in [0.15, 0.2) is 11.5 Å². The SMILES string of the molecule is CCOc1ccc(C(Br)c2ccc(Br)cc2)cc1OCC. The highest BCUT2D eigenvalue weighted by Crippen LogP contribution is 2.37. The molecule has 0 spiro atoms. The molecule has 0 aliphatic rings. The first-order valence-corrected chi connectivity index (χ1v) is 8.65. The monoisotopic (exact) mass is 412 g/mol. The molecular formula is C17H18Br2O2. The van der Waals surface area contributed by atoms with Crippen molar-refractivity contribution in [3.63, 3.8) is 0 Å². The van der Waals surface area contributed by atoms with Gasteiger partial charge in [-0.25, -0.2) is 0 Å². The van der Waals surface area contributed by atoms with Gasteiger partial charge in [-0.2, -0.15) is 0 Å². The molecular weight excluding hydrogens is 396 g/mol. The molecule has 1 atom stereocenters. The number of hydrogen-bond donors (Lipinski definition) is 0. The molecule has 4 heteroatoms. The summed E-state index contributed by atoms with van der Waals surface area (Å²) >= 11 is 7.21. The van der Waals surface area contributed by atoms with Crippen LogP contribution in [0.3, 0.4) is 0 Å². The molecule has 0 saturated heterocycles. The van der Waals surface area contributed by atoms with Gasteiger partial charge in [-0.15, -0.1) is 0 Å². The normalized spacial score (nSPS) is 12.0. The summed E-state index contributed by atoms with van der Waals surface area (Å²) in [6, 6.07) is 14.4. The van der Waals surface area contributed by atoms with Crippen LogP contribution in [0.2, 0.25) is 0 Å². The van der Waals surface area contributed by atoms with E-state index in [2.05, 4.69) is 50.1 Å². The summed E-state index contributed by atoms with van der Waals surface area (Å²) < 4.78 is 12.4. The maximum Gasteiger partial charge on any atom is 0.161 e. The van der Waals surface area contributed by atoms with Crippen molar-refractivity contribution >= 4 is 31.9 Å². The Kier molecular flexibility index (Phi) is 6.12. The second kappa shape index (κ2) is 7.85. The van der Waals surface area contributed by atoms with Crippen molar-refractivity contribution in [3.05, 3.63) is 58.1 Å². The largest absolute Gasteiger partial charge is 0.490 e.